The van der Waals surface area contributed by atoms with Crippen molar-refractivity contribution in [2.75, 3.05) is 0 Å². The molecule has 0 aliphatic heterocycles. The van der Waals surface area contributed by atoms with Crippen LogP contribution in [-0.4, -0.2) is 23.9 Å². The number of rotatable bonds is 6. The van der Waals surface area contributed by atoms with E-state index >= 15 is 0 Å². The fourth-order valence-corrected chi connectivity index (χ4v) is 3.31. The molecule has 0 aliphatic rings. The van der Waals surface area contributed by atoms with Gasteiger partial charge in [0.15, 0.2) is 0 Å². The highest BCUT2D eigenvalue weighted by Crippen LogP contribution is 2.26. The maximum absolute atomic E-state index is 12.5. The van der Waals surface area contributed by atoms with Gasteiger partial charge in [0.2, 0.25) is 0 Å². The van der Waals surface area contributed by atoms with Gasteiger partial charge in [-0.05, 0) is 83.6 Å². The van der Waals surface area contributed by atoms with E-state index < -0.39 is 23.9 Å². The third-order valence-electron chi connectivity index (χ3n) is 4.91. The van der Waals surface area contributed by atoms with Gasteiger partial charge in [0.05, 0.1) is 11.1 Å². The molecule has 0 bridgehead atoms. The molecular weight excluding hydrogens is 464 g/mol. The van der Waals surface area contributed by atoms with Crippen LogP contribution in [0.25, 0.3) is 10.8 Å². The van der Waals surface area contributed by atoms with Crippen LogP contribution in [0.1, 0.15) is 34.6 Å². The Labute approximate surface area is 206 Å². The molecule has 36 heavy (non-hydrogen) atoms. The Balaban J connectivity index is 1.42. The lowest BCUT2D eigenvalue weighted by atomic mass is 10.1. The van der Waals surface area contributed by atoms with Crippen LogP contribution < -0.4 is 18.9 Å². The van der Waals surface area contributed by atoms with Gasteiger partial charge in [0, 0.05) is 13.8 Å². The van der Waals surface area contributed by atoms with Gasteiger partial charge in [0.25, 0.3) is 0 Å². The van der Waals surface area contributed by atoms with Crippen LogP contribution in [0.4, 0.5) is 0 Å². The van der Waals surface area contributed by atoms with Crippen molar-refractivity contribution in [1.29, 1.82) is 0 Å². The molecule has 0 spiro atoms. The second-order valence-corrected chi connectivity index (χ2v) is 7.69. The summed E-state index contributed by atoms with van der Waals surface area (Å²) in [4.78, 5) is 46.9. The molecule has 0 fully saturated rings. The van der Waals surface area contributed by atoms with Gasteiger partial charge < -0.3 is 18.9 Å². The third-order valence-corrected chi connectivity index (χ3v) is 4.91. The lowest BCUT2D eigenvalue weighted by Crippen LogP contribution is -2.09. The van der Waals surface area contributed by atoms with E-state index in [-0.39, 0.29) is 0 Å². The molecule has 180 valence electrons. The highest BCUT2D eigenvalue weighted by atomic mass is 16.5. The summed E-state index contributed by atoms with van der Waals surface area (Å²) in [6.07, 6.45) is 0. The van der Waals surface area contributed by atoms with E-state index in [1.807, 2.05) is 0 Å². The summed E-state index contributed by atoms with van der Waals surface area (Å²) < 4.78 is 20.8. The number of hydrogen-bond donors (Lipinski definition) is 0. The standard InChI is InChI=1S/C28H20O8/c1-17(29)33-23-9-3-19(4-10-23)27(31)35-25-13-7-22-16-26(14-8-21(22)15-25)36-28(32)20-5-11-24(12-6-20)34-18(2)30/h3-16H,1-2H3. The van der Waals surface area contributed by atoms with E-state index in [4.69, 9.17) is 18.9 Å². The van der Waals surface area contributed by atoms with E-state index in [9.17, 15) is 19.2 Å². The van der Waals surface area contributed by atoms with Crippen molar-refractivity contribution >= 4 is 34.6 Å². The summed E-state index contributed by atoms with van der Waals surface area (Å²) in [5.41, 5.74) is 0.600. The molecule has 0 unspecified atom stereocenters. The van der Waals surface area contributed by atoms with Gasteiger partial charge in [-0.15, -0.1) is 0 Å². The fourth-order valence-electron chi connectivity index (χ4n) is 3.31. The molecule has 0 aliphatic carbocycles. The molecule has 0 radical (unpaired) electrons. The summed E-state index contributed by atoms with van der Waals surface area (Å²) in [6.45, 7) is 2.59. The minimum atomic E-state index is -0.561. The van der Waals surface area contributed by atoms with Crippen LogP contribution >= 0.6 is 0 Å². The van der Waals surface area contributed by atoms with Crippen molar-refractivity contribution in [2.45, 2.75) is 13.8 Å². The molecule has 0 amide bonds. The maximum atomic E-state index is 12.5. The number of fused-ring (bicyclic) bond motifs is 1. The summed E-state index contributed by atoms with van der Waals surface area (Å²) >= 11 is 0. The molecule has 4 aromatic rings. The Morgan fingerprint density at radius 1 is 0.444 bits per heavy atom. The number of carbonyl (C=O) groups is 4. The number of ether oxygens (including phenoxy) is 4. The van der Waals surface area contributed by atoms with Crippen LogP contribution in [0.3, 0.4) is 0 Å². The summed E-state index contributed by atoms with van der Waals surface area (Å²) in [6, 6.07) is 22.2. The van der Waals surface area contributed by atoms with Gasteiger partial charge in [0.1, 0.15) is 23.0 Å². The molecule has 0 saturated heterocycles. The van der Waals surface area contributed by atoms with Gasteiger partial charge in [-0.3, -0.25) is 9.59 Å². The Morgan fingerprint density at radius 2 is 0.778 bits per heavy atom. The predicted molar refractivity (Wildman–Crippen MR) is 129 cm³/mol. The van der Waals surface area contributed by atoms with E-state index in [2.05, 4.69) is 0 Å². The molecule has 8 heteroatoms. The highest BCUT2D eigenvalue weighted by Gasteiger charge is 2.12. The van der Waals surface area contributed by atoms with Crippen molar-refractivity contribution in [3.8, 4) is 23.0 Å². The number of esters is 4. The Bertz CT molecular complexity index is 1340. The van der Waals surface area contributed by atoms with Crippen LogP contribution in [0.5, 0.6) is 23.0 Å². The topological polar surface area (TPSA) is 105 Å². The smallest absolute Gasteiger partial charge is 0.343 e. The monoisotopic (exact) mass is 484 g/mol. The molecule has 0 heterocycles. The van der Waals surface area contributed by atoms with Gasteiger partial charge in [-0.2, -0.15) is 0 Å². The lowest BCUT2D eigenvalue weighted by Gasteiger charge is -2.09. The second-order valence-electron chi connectivity index (χ2n) is 7.69. The van der Waals surface area contributed by atoms with Crippen molar-refractivity contribution in [3.05, 3.63) is 96.1 Å². The molecule has 8 nitrogen and oxygen atoms in total. The summed E-state index contributed by atoms with van der Waals surface area (Å²) in [5.74, 6) is -0.671. The van der Waals surface area contributed by atoms with Crippen molar-refractivity contribution < 1.29 is 38.1 Å². The Kier molecular flexibility index (Phi) is 7.06. The van der Waals surface area contributed by atoms with Crippen molar-refractivity contribution in [3.63, 3.8) is 0 Å². The highest BCUT2D eigenvalue weighted by molar-refractivity contribution is 5.94. The first kappa shape index (κ1) is 24.2. The van der Waals surface area contributed by atoms with Crippen molar-refractivity contribution in [2.24, 2.45) is 0 Å². The molecular formula is C28H20O8. The zero-order valence-corrected chi connectivity index (χ0v) is 19.3. The maximum Gasteiger partial charge on any atom is 0.343 e. The largest absolute Gasteiger partial charge is 0.427 e. The molecule has 0 aromatic heterocycles. The Hall–Kier alpha value is -4.98. The molecule has 4 aromatic carbocycles. The lowest BCUT2D eigenvalue weighted by molar-refractivity contribution is -0.132. The van der Waals surface area contributed by atoms with E-state index in [1.54, 1.807) is 36.4 Å². The predicted octanol–water partition coefficient (Wildman–Crippen LogP) is 5.13. The third kappa shape index (κ3) is 6.12. The molecule has 4 rings (SSSR count). The molecule has 0 saturated carbocycles. The quantitative estimate of drug-likeness (QED) is 0.274. The minimum Gasteiger partial charge on any atom is -0.427 e. The van der Waals surface area contributed by atoms with Gasteiger partial charge in [-0.1, -0.05) is 12.1 Å². The summed E-state index contributed by atoms with van der Waals surface area (Å²) in [5, 5.41) is 1.55. The van der Waals surface area contributed by atoms with E-state index in [1.165, 1.54) is 62.4 Å². The van der Waals surface area contributed by atoms with Crippen molar-refractivity contribution in [1.82, 2.24) is 0 Å². The average molecular weight is 484 g/mol. The van der Waals surface area contributed by atoms with Crippen LogP contribution in [-0.2, 0) is 9.59 Å². The number of carbonyl (C=O) groups excluding carboxylic acids is 4. The van der Waals surface area contributed by atoms with E-state index in [0.717, 1.165) is 10.8 Å². The minimum absolute atomic E-state index is 0.300. The first-order valence-corrected chi connectivity index (χ1v) is 10.8. The van der Waals surface area contributed by atoms with E-state index in [0.29, 0.717) is 34.1 Å². The van der Waals surface area contributed by atoms with Gasteiger partial charge in [-0.25, -0.2) is 9.59 Å². The average Bonchev–Trinajstić information content (AvgIpc) is 2.84. The Morgan fingerprint density at radius 3 is 1.11 bits per heavy atom. The van der Waals surface area contributed by atoms with Crippen LogP contribution in [0.15, 0.2) is 84.9 Å². The zero-order valence-electron chi connectivity index (χ0n) is 19.3. The fraction of sp³-hybridized carbons (Fsp3) is 0.0714. The second kappa shape index (κ2) is 10.5. The molecule has 0 atom stereocenters. The summed E-state index contributed by atoms with van der Waals surface area (Å²) in [7, 11) is 0. The first-order chi connectivity index (χ1) is 17.3. The first-order valence-electron chi connectivity index (χ1n) is 10.8. The zero-order chi connectivity index (χ0) is 25.7. The molecule has 0 N–H and O–H groups in total. The SMILES string of the molecule is CC(=O)Oc1ccc(C(=O)Oc2ccc3cc(OC(=O)c4ccc(OC(C)=O)cc4)ccc3c2)cc1. The number of benzene rings is 4. The normalized spacial score (nSPS) is 10.4. The van der Waals surface area contributed by atoms with Gasteiger partial charge >= 0.3 is 23.9 Å². The van der Waals surface area contributed by atoms with Crippen LogP contribution in [0, 0.1) is 0 Å². The number of hydrogen-bond acceptors (Lipinski definition) is 8. The van der Waals surface area contributed by atoms with Crippen LogP contribution in [0.2, 0.25) is 0 Å².